The molecule has 1 nitrogen and oxygen atoms in total. The topological polar surface area (TPSA) is 17.1 Å². The molecule has 1 heteroatoms. The van der Waals surface area contributed by atoms with Gasteiger partial charge in [-0.05, 0) is 12.8 Å². The van der Waals surface area contributed by atoms with E-state index in [9.17, 15) is 4.79 Å². The third-order valence-electron chi connectivity index (χ3n) is 1.90. The maximum absolute atomic E-state index is 10.3. The molecular formula is C13H28O. The maximum Gasteiger partial charge on any atom is 0.130 e. The second-order valence-corrected chi connectivity index (χ2v) is 4.36. The van der Waals surface area contributed by atoms with Gasteiger partial charge in [-0.15, -0.1) is 0 Å². The highest BCUT2D eigenvalue weighted by Gasteiger charge is 1.95. The second-order valence-electron chi connectivity index (χ2n) is 4.36. The average molecular weight is 200 g/mol. The highest BCUT2D eigenvalue weighted by Crippen LogP contribution is 2.00. The van der Waals surface area contributed by atoms with Gasteiger partial charge in [0.05, 0.1) is 0 Å². The Bertz CT molecular complexity index is 112. The zero-order chi connectivity index (χ0) is 11.4. The van der Waals surface area contributed by atoms with Gasteiger partial charge in [-0.1, -0.05) is 59.8 Å². The summed E-state index contributed by atoms with van der Waals surface area (Å²) < 4.78 is 0. The molecule has 0 spiro atoms. The maximum atomic E-state index is 10.3. The minimum absolute atomic E-state index is 0.287. The fraction of sp³-hybridized carbons (Fsp3) is 0.923. The van der Waals surface area contributed by atoms with E-state index in [-0.39, 0.29) is 5.78 Å². The van der Waals surface area contributed by atoms with Crippen LogP contribution in [0.2, 0.25) is 0 Å². The van der Waals surface area contributed by atoms with Crippen LogP contribution in [0.15, 0.2) is 0 Å². The number of ketones is 1. The largest absolute Gasteiger partial charge is 0.300 e. The summed E-state index contributed by atoms with van der Waals surface area (Å²) >= 11 is 0. The van der Waals surface area contributed by atoms with E-state index in [1.807, 2.05) is 13.8 Å². The number of Topliss-reactive ketones (excluding diaryl/α,β-unsaturated/α-hetero) is 1. The first kappa shape index (κ1) is 16.1. The number of hydrogen-bond acceptors (Lipinski definition) is 1. The fourth-order valence-corrected chi connectivity index (χ4v) is 1.25. The number of hydrogen-bond donors (Lipinski definition) is 0. The molecule has 0 rings (SSSR count). The van der Waals surface area contributed by atoms with E-state index in [0.29, 0.717) is 5.92 Å². The molecule has 0 saturated carbocycles. The van der Waals surface area contributed by atoms with Gasteiger partial charge >= 0.3 is 0 Å². The molecule has 0 N–H and O–H groups in total. The minimum atomic E-state index is 0.287. The Hall–Kier alpha value is -0.330. The van der Waals surface area contributed by atoms with E-state index in [1.54, 1.807) is 6.92 Å². The number of carbonyl (C=O) groups is 1. The molecule has 0 aliphatic heterocycles. The van der Waals surface area contributed by atoms with Gasteiger partial charge in [0.2, 0.25) is 0 Å². The van der Waals surface area contributed by atoms with Gasteiger partial charge in [-0.25, -0.2) is 0 Å². The van der Waals surface area contributed by atoms with Crippen LogP contribution in [0.4, 0.5) is 0 Å². The van der Waals surface area contributed by atoms with Crippen LogP contribution in [-0.2, 0) is 4.79 Å². The minimum Gasteiger partial charge on any atom is -0.300 e. The Morgan fingerprint density at radius 2 is 1.43 bits per heavy atom. The first-order chi connectivity index (χ1) is 6.54. The van der Waals surface area contributed by atoms with Gasteiger partial charge in [0.15, 0.2) is 0 Å². The van der Waals surface area contributed by atoms with Crippen LogP contribution in [-0.4, -0.2) is 5.78 Å². The lowest BCUT2D eigenvalue weighted by Gasteiger charge is -1.95. The number of carbonyl (C=O) groups excluding carboxylic acids is 1. The van der Waals surface area contributed by atoms with Crippen LogP contribution in [0.5, 0.6) is 0 Å². The summed E-state index contributed by atoms with van der Waals surface area (Å²) in [6.07, 6.45) is 7.73. The van der Waals surface area contributed by atoms with Crippen LogP contribution in [0.25, 0.3) is 0 Å². The predicted octanol–water partition coefficient (Wildman–Crippen LogP) is 4.60. The first-order valence-electron chi connectivity index (χ1n) is 6.03. The zero-order valence-corrected chi connectivity index (χ0v) is 10.7. The van der Waals surface area contributed by atoms with Crippen molar-refractivity contribution in [3.63, 3.8) is 0 Å². The molecule has 14 heavy (non-hydrogen) atoms. The van der Waals surface area contributed by atoms with E-state index in [0.717, 1.165) is 6.42 Å². The van der Waals surface area contributed by atoms with Crippen LogP contribution < -0.4 is 0 Å². The molecule has 0 radical (unpaired) electrons. The van der Waals surface area contributed by atoms with Crippen LogP contribution in [0, 0.1) is 5.92 Å². The van der Waals surface area contributed by atoms with Crippen LogP contribution >= 0.6 is 0 Å². The van der Waals surface area contributed by atoms with Crippen molar-refractivity contribution in [1.29, 1.82) is 0 Å². The van der Waals surface area contributed by atoms with Gasteiger partial charge < -0.3 is 4.79 Å². The second kappa shape index (κ2) is 12.7. The van der Waals surface area contributed by atoms with E-state index < -0.39 is 0 Å². The molecule has 0 heterocycles. The molecule has 0 aliphatic rings. The third-order valence-corrected chi connectivity index (χ3v) is 1.90. The molecule has 0 aromatic carbocycles. The van der Waals surface area contributed by atoms with Crippen molar-refractivity contribution in [2.75, 3.05) is 0 Å². The molecule has 0 bridgehead atoms. The van der Waals surface area contributed by atoms with E-state index >= 15 is 0 Å². The molecule has 0 unspecified atom stereocenters. The number of rotatable bonds is 6. The fourth-order valence-electron chi connectivity index (χ4n) is 1.25. The molecule has 0 fully saturated rings. The summed E-state index contributed by atoms with van der Waals surface area (Å²) in [4.78, 5) is 10.3. The van der Waals surface area contributed by atoms with Crippen LogP contribution in [0.1, 0.15) is 73.1 Å². The molecule has 0 amide bonds. The van der Waals surface area contributed by atoms with Crippen molar-refractivity contribution in [3.8, 4) is 0 Å². The summed E-state index contributed by atoms with van der Waals surface area (Å²) in [7, 11) is 0. The SMILES string of the molecule is CC(=O)CC(C)C.CCCCCCC. The molecule has 86 valence electrons. The summed E-state index contributed by atoms with van der Waals surface area (Å²) in [5.74, 6) is 0.813. The highest BCUT2D eigenvalue weighted by atomic mass is 16.1. The Labute approximate surface area is 90.3 Å². The summed E-state index contributed by atoms with van der Waals surface area (Å²) in [6, 6.07) is 0. The Kier molecular flexibility index (Phi) is 14.6. The summed E-state index contributed by atoms with van der Waals surface area (Å²) in [6.45, 7) is 10.2. The first-order valence-corrected chi connectivity index (χ1v) is 6.03. The Morgan fingerprint density at radius 3 is 1.57 bits per heavy atom. The Balaban J connectivity index is 0. The molecule has 0 aliphatic carbocycles. The summed E-state index contributed by atoms with van der Waals surface area (Å²) in [5, 5.41) is 0. The number of unbranched alkanes of at least 4 members (excludes halogenated alkanes) is 4. The van der Waals surface area contributed by atoms with Crippen molar-refractivity contribution < 1.29 is 4.79 Å². The molecule has 0 atom stereocenters. The van der Waals surface area contributed by atoms with Gasteiger partial charge in [0.25, 0.3) is 0 Å². The van der Waals surface area contributed by atoms with Crippen molar-refractivity contribution in [1.82, 2.24) is 0 Å². The zero-order valence-electron chi connectivity index (χ0n) is 10.7. The van der Waals surface area contributed by atoms with Crippen molar-refractivity contribution in [2.45, 2.75) is 73.1 Å². The molecular weight excluding hydrogens is 172 g/mol. The normalized spacial score (nSPS) is 9.57. The quantitative estimate of drug-likeness (QED) is 0.573. The highest BCUT2D eigenvalue weighted by molar-refractivity contribution is 5.75. The molecule has 0 saturated heterocycles. The third kappa shape index (κ3) is 22.6. The van der Waals surface area contributed by atoms with Gasteiger partial charge in [0, 0.05) is 6.42 Å². The lowest BCUT2D eigenvalue weighted by Crippen LogP contribution is -1.95. The van der Waals surface area contributed by atoms with Crippen molar-refractivity contribution in [3.05, 3.63) is 0 Å². The monoisotopic (exact) mass is 200 g/mol. The van der Waals surface area contributed by atoms with Gasteiger partial charge in [-0.3, -0.25) is 0 Å². The molecule has 0 aromatic rings. The van der Waals surface area contributed by atoms with Gasteiger partial charge in [-0.2, -0.15) is 0 Å². The van der Waals surface area contributed by atoms with Crippen molar-refractivity contribution >= 4 is 5.78 Å². The average Bonchev–Trinajstić information content (AvgIpc) is 2.04. The van der Waals surface area contributed by atoms with E-state index in [2.05, 4.69) is 13.8 Å². The standard InChI is InChI=1S/C7H16.C6H12O/c1-3-5-7-6-4-2;1-5(2)4-6(3)7/h3-7H2,1-2H3;5H,4H2,1-3H3. The van der Waals surface area contributed by atoms with Crippen LogP contribution in [0.3, 0.4) is 0 Å². The van der Waals surface area contributed by atoms with Crippen molar-refractivity contribution in [2.24, 2.45) is 5.92 Å². The summed E-state index contributed by atoms with van der Waals surface area (Å²) in [5.41, 5.74) is 0. The Morgan fingerprint density at radius 1 is 1.00 bits per heavy atom. The predicted molar refractivity (Wildman–Crippen MR) is 64.6 cm³/mol. The lowest BCUT2D eigenvalue weighted by atomic mass is 10.1. The lowest BCUT2D eigenvalue weighted by molar-refractivity contribution is -0.117. The smallest absolute Gasteiger partial charge is 0.130 e. The molecule has 0 aromatic heterocycles. The van der Waals surface area contributed by atoms with E-state index in [4.69, 9.17) is 0 Å². The van der Waals surface area contributed by atoms with E-state index in [1.165, 1.54) is 32.1 Å². The van der Waals surface area contributed by atoms with Gasteiger partial charge in [0.1, 0.15) is 5.78 Å².